The average Bonchev–Trinajstić information content (AvgIpc) is 2.54. The average molecular weight is 291 g/mol. The van der Waals surface area contributed by atoms with E-state index in [4.69, 9.17) is 5.14 Å². The lowest BCUT2D eigenvalue weighted by atomic mass is 9.82. The molecule has 104 valence electrons. The molecule has 1 atom stereocenters. The van der Waals surface area contributed by atoms with Gasteiger partial charge in [0.2, 0.25) is 10.0 Å². The Labute approximate surface area is 113 Å². The number of hydrogen-bond acceptors (Lipinski definition) is 5. The first-order valence-electron chi connectivity index (χ1n) is 5.76. The number of nitrogens with two attached hydrogens (primary N) is 1. The Hall–Kier alpha value is -0.660. The molecule has 0 saturated heterocycles. The maximum atomic E-state index is 11.3. The molecule has 5 nitrogen and oxygen atoms in total. The molecule has 1 aromatic rings. The van der Waals surface area contributed by atoms with Crippen LogP contribution in [0.1, 0.15) is 33.4 Å². The van der Waals surface area contributed by atoms with Crippen molar-refractivity contribution < 1.29 is 8.42 Å². The van der Waals surface area contributed by atoms with E-state index in [2.05, 4.69) is 38.0 Å². The molecule has 0 aromatic carbocycles. The molecule has 0 saturated carbocycles. The zero-order valence-corrected chi connectivity index (χ0v) is 13.1. The predicted molar refractivity (Wildman–Crippen MR) is 75.3 cm³/mol. The first kappa shape index (κ1) is 15.4. The molecule has 1 unspecified atom stereocenters. The summed E-state index contributed by atoms with van der Waals surface area (Å²) in [6.45, 7) is 11.1. The van der Waals surface area contributed by atoms with Crippen LogP contribution in [-0.4, -0.2) is 19.9 Å². The second-order valence-electron chi connectivity index (χ2n) is 5.58. The number of anilines is 1. The van der Waals surface area contributed by atoms with E-state index in [1.165, 1.54) is 0 Å². The van der Waals surface area contributed by atoms with Crippen molar-refractivity contribution >= 4 is 26.5 Å². The first-order valence-corrected chi connectivity index (χ1v) is 8.12. The Morgan fingerprint density at radius 3 is 2.39 bits per heavy atom. The number of hydrogen-bond donors (Lipinski definition) is 2. The van der Waals surface area contributed by atoms with Gasteiger partial charge in [0, 0.05) is 6.54 Å². The van der Waals surface area contributed by atoms with Gasteiger partial charge in [-0.25, -0.2) is 18.5 Å². The highest BCUT2D eigenvalue weighted by Gasteiger charge is 2.21. The number of nitrogens with zero attached hydrogens (tertiary/aromatic N) is 1. The molecule has 0 aliphatic carbocycles. The van der Waals surface area contributed by atoms with Gasteiger partial charge in [-0.15, -0.1) is 0 Å². The lowest BCUT2D eigenvalue weighted by Crippen LogP contribution is -2.24. The largest absolute Gasteiger partial charge is 0.361 e. The Bertz CT molecular complexity index is 515. The van der Waals surface area contributed by atoms with E-state index >= 15 is 0 Å². The topological polar surface area (TPSA) is 85.1 Å². The molecule has 3 N–H and O–H groups in total. The number of aryl methyl sites for hydroxylation is 1. The molecule has 18 heavy (non-hydrogen) atoms. The summed E-state index contributed by atoms with van der Waals surface area (Å²) >= 11 is 1.08. The minimum absolute atomic E-state index is 0.133. The molecule has 0 radical (unpaired) electrons. The van der Waals surface area contributed by atoms with Crippen LogP contribution in [-0.2, 0) is 10.0 Å². The molecule has 0 aliphatic heterocycles. The standard InChI is InChI=1S/C11H21N3O2S2/c1-7(11(3,4)5)6-13-10-14-8(2)9(17-10)18(12,15)16/h7H,6H2,1-5H3,(H,13,14)(H2,12,15,16). The minimum atomic E-state index is -3.66. The summed E-state index contributed by atoms with van der Waals surface area (Å²) < 4.78 is 22.7. The van der Waals surface area contributed by atoms with Gasteiger partial charge < -0.3 is 5.32 Å². The van der Waals surface area contributed by atoms with E-state index in [1.807, 2.05) is 0 Å². The second kappa shape index (κ2) is 5.14. The monoisotopic (exact) mass is 291 g/mol. The van der Waals surface area contributed by atoms with Crippen molar-refractivity contribution in [1.82, 2.24) is 4.98 Å². The van der Waals surface area contributed by atoms with Crippen molar-refractivity contribution in [3.8, 4) is 0 Å². The third-order valence-corrected chi connectivity index (χ3v) is 5.72. The summed E-state index contributed by atoms with van der Waals surface area (Å²) in [5.74, 6) is 0.444. The van der Waals surface area contributed by atoms with Crippen molar-refractivity contribution in [2.24, 2.45) is 16.5 Å². The van der Waals surface area contributed by atoms with Gasteiger partial charge in [-0.2, -0.15) is 0 Å². The molecule has 1 aromatic heterocycles. The van der Waals surface area contributed by atoms with E-state index in [9.17, 15) is 8.42 Å². The number of thiazole rings is 1. The fraction of sp³-hybridized carbons (Fsp3) is 0.727. The lowest BCUT2D eigenvalue weighted by molar-refractivity contribution is 0.274. The van der Waals surface area contributed by atoms with E-state index in [-0.39, 0.29) is 9.62 Å². The highest BCUT2D eigenvalue weighted by molar-refractivity contribution is 7.91. The van der Waals surface area contributed by atoms with Crippen LogP contribution in [0.15, 0.2) is 4.21 Å². The number of rotatable bonds is 4. The van der Waals surface area contributed by atoms with Gasteiger partial charge in [-0.05, 0) is 18.3 Å². The summed E-state index contributed by atoms with van der Waals surface area (Å²) in [7, 11) is -3.66. The molecule has 0 spiro atoms. The molecule has 0 aliphatic rings. The van der Waals surface area contributed by atoms with Crippen LogP contribution < -0.4 is 10.5 Å². The smallest absolute Gasteiger partial charge is 0.249 e. The highest BCUT2D eigenvalue weighted by atomic mass is 32.2. The molecule has 1 rings (SSSR count). The van der Waals surface area contributed by atoms with E-state index in [0.29, 0.717) is 16.7 Å². The Kier molecular flexibility index (Phi) is 4.40. The summed E-state index contributed by atoms with van der Waals surface area (Å²) in [4.78, 5) is 4.18. The Morgan fingerprint density at radius 2 is 2.00 bits per heavy atom. The fourth-order valence-corrected chi connectivity index (χ4v) is 3.13. The summed E-state index contributed by atoms with van der Waals surface area (Å²) in [6.07, 6.45) is 0. The van der Waals surface area contributed by atoms with Gasteiger partial charge in [0.15, 0.2) is 9.34 Å². The van der Waals surface area contributed by atoms with Crippen LogP contribution >= 0.6 is 11.3 Å². The maximum absolute atomic E-state index is 11.3. The van der Waals surface area contributed by atoms with E-state index in [1.54, 1.807) is 6.92 Å². The molecule has 0 amide bonds. The summed E-state index contributed by atoms with van der Waals surface area (Å²) in [5, 5.41) is 8.89. The lowest BCUT2D eigenvalue weighted by Gasteiger charge is -2.27. The molecule has 7 heteroatoms. The Morgan fingerprint density at radius 1 is 1.44 bits per heavy atom. The number of sulfonamides is 1. The van der Waals surface area contributed by atoms with Gasteiger partial charge >= 0.3 is 0 Å². The highest BCUT2D eigenvalue weighted by Crippen LogP contribution is 2.28. The molecular formula is C11H21N3O2S2. The number of primary sulfonamides is 1. The third-order valence-electron chi connectivity index (χ3n) is 3.05. The molecule has 0 fully saturated rings. The van der Waals surface area contributed by atoms with Crippen LogP contribution in [0.3, 0.4) is 0 Å². The maximum Gasteiger partial charge on any atom is 0.249 e. The number of aromatic nitrogens is 1. The van der Waals surface area contributed by atoms with Crippen LogP contribution in [0.25, 0.3) is 0 Å². The quantitative estimate of drug-likeness (QED) is 0.890. The summed E-state index contributed by atoms with van der Waals surface area (Å²) in [5.41, 5.74) is 0.649. The van der Waals surface area contributed by atoms with E-state index in [0.717, 1.165) is 17.9 Å². The zero-order valence-electron chi connectivity index (χ0n) is 11.4. The fourth-order valence-electron chi connectivity index (χ4n) is 1.27. The van der Waals surface area contributed by atoms with Gasteiger partial charge in [-0.1, -0.05) is 39.0 Å². The van der Waals surface area contributed by atoms with Crippen LogP contribution in [0.5, 0.6) is 0 Å². The first-order chi connectivity index (χ1) is 8.01. The van der Waals surface area contributed by atoms with Crippen molar-refractivity contribution in [2.45, 2.75) is 38.8 Å². The second-order valence-corrected chi connectivity index (χ2v) is 8.34. The van der Waals surface area contributed by atoms with Crippen molar-refractivity contribution in [2.75, 3.05) is 11.9 Å². The van der Waals surface area contributed by atoms with Gasteiger partial charge in [0.1, 0.15) is 0 Å². The minimum Gasteiger partial charge on any atom is -0.361 e. The van der Waals surface area contributed by atoms with Crippen molar-refractivity contribution in [1.29, 1.82) is 0 Å². The van der Waals surface area contributed by atoms with Crippen LogP contribution in [0, 0.1) is 18.3 Å². The number of nitrogens with one attached hydrogen (secondary N) is 1. The predicted octanol–water partition coefficient (Wildman–Crippen LogP) is 2.19. The molecule has 1 heterocycles. The van der Waals surface area contributed by atoms with Crippen LogP contribution in [0.4, 0.5) is 5.13 Å². The SMILES string of the molecule is Cc1nc(NCC(C)C(C)(C)C)sc1S(N)(=O)=O. The van der Waals surface area contributed by atoms with Crippen molar-refractivity contribution in [3.05, 3.63) is 5.69 Å². The van der Waals surface area contributed by atoms with Crippen LogP contribution in [0.2, 0.25) is 0 Å². The van der Waals surface area contributed by atoms with E-state index < -0.39 is 10.0 Å². The summed E-state index contributed by atoms with van der Waals surface area (Å²) in [6, 6.07) is 0. The van der Waals surface area contributed by atoms with Crippen molar-refractivity contribution in [3.63, 3.8) is 0 Å². The molecular weight excluding hydrogens is 270 g/mol. The van der Waals surface area contributed by atoms with Gasteiger partial charge in [0.05, 0.1) is 5.69 Å². The Balaban J connectivity index is 2.77. The molecule has 0 bridgehead atoms. The third kappa shape index (κ3) is 3.93. The van der Waals surface area contributed by atoms with Gasteiger partial charge in [-0.3, -0.25) is 0 Å². The van der Waals surface area contributed by atoms with Gasteiger partial charge in [0.25, 0.3) is 0 Å². The normalized spacial score (nSPS) is 14.6. The zero-order chi connectivity index (χ0) is 14.1.